The maximum atomic E-state index is 11.8. The lowest BCUT2D eigenvalue weighted by atomic mass is 10.1. The van der Waals surface area contributed by atoms with Crippen molar-refractivity contribution in [1.82, 2.24) is 10.3 Å². The third-order valence-corrected chi connectivity index (χ3v) is 4.14. The van der Waals surface area contributed by atoms with Gasteiger partial charge in [-0.15, -0.1) is 0 Å². The Hall–Kier alpha value is -2.25. The summed E-state index contributed by atoms with van der Waals surface area (Å²) < 4.78 is 6.09. The number of thiocarbonyl (C=S) groups is 1. The van der Waals surface area contributed by atoms with E-state index in [-0.39, 0.29) is 10.9 Å². The predicted octanol–water partition coefficient (Wildman–Crippen LogP) is 3.63. The highest BCUT2D eigenvalue weighted by molar-refractivity contribution is 7.80. The summed E-state index contributed by atoms with van der Waals surface area (Å²) in [5.74, 6) is -0.185. The van der Waals surface area contributed by atoms with Crippen LogP contribution in [0.2, 0.25) is 0 Å². The zero-order chi connectivity index (χ0) is 15.7. The monoisotopic (exact) mass is 331 g/mol. The van der Waals surface area contributed by atoms with E-state index in [0.717, 1.165) is 15.8 Å². The molecule has 0 aliphatic carbocycles. The molecule has 3 rings (SSSR count). The first-order valence-corrected chi connectivity index (χ1v) is 7.79. The van der Waals surface area contributed by atoms with Gasteiger partial charge in [0.05, 0.1) is 16.5 Å². The number of nitrogens with one attached hydrogen (secondary N) is 2. The molecule has 0 unspecified atom stereocenters. The van der Waals surface area contributed by atoms with Crippen molar-refractivity contribution in [2.75, 3.05) is 5.32 Å². The van der Waals surface area contributed by atoms with Crippen LogP contribution in [0.4, 0.5) is 5.13 Å². The number of benzene rings is 1. The van der Waals surface area contributed by atoms with Gasteiger partial charge in [0.25, 0.3) is 5.91 Å². The molecule has 0 spiro atoms. The number of aryl methyl sites for hydroxylation is 2. The number of carbonyl (C=O) groups is 1. The van der Waals surface area contributed by atoms with E-state index >= 15 is 0 Å². The summed E-state index contributed by atoms with van der Waals surface area (Å²) in [5, 5.41) is 6.33. The van der Waals surface area contributed by atoms with Gasteiger partial charge in [0.1, 0.15) is 0 Å². The average Bonchev–Trinajstić information content (AvgIpc) is 3.07. The molecule has 112 valence electrons. The van der Waals surface area contributed by atoms with Gasteiger partial charge in [0.15, 0.2) is 16.0 Å². The number of carbonyl (C=O) groups excluding carboxylic acids is 1. The second-order valence-electron chi connectivity index (χ2n) is 4.83. The largest absolute Gasteiger partial charge is 0.459 e. The lowest BCUT2D eigenvalue weighted by molar-refractivity contribution is 0.0950. The van der Waals surface area contributed by atoms with Gasteiger partial charge in [-0.2, -0.15) is 0 Å². The van der Waals surface area contributed by atoms with Crippen molar-refractivity contribution in [3.8, 4) is 0 Å². The third-order valence-electron chi connectivity index (χ3n) is 3.02. The SMILES string of the molecule is Cc1cc(C)c2nc(NC(=S)NC(=O)c3ccco3)sc2c1. The fourth-order valence-corrected chi connectivity index (χ4v) is 3.43. The first-order valence-electron chi connectivity index (χ1n) is 6.56. The Kier molecular flexibility index (Phi) is 3.91. The molecule has 0 aliphatic rings. The van der Waals surface area contributed by atoms with Crippen LogP contribution in [0.25, 0.3) is 10.2 Å². The molecule has 0 fully saturated rings. The van der Waals surface area contributed by atoms with Crippen LogP contribution in [-0.4, -0.2) is 16.0 Å². The van der Waals surface area contributed by atoms with Crippen molar-refractivity contribution in [2.45, 2.75) is 13.8 Å². The molecule has 2 N–H and O–H groups in total. The Morgan fingerprint density at radius 1 is 1.36 bits per heavy atom. The molecular formula is C15H13N3O2S2. The molecule has 0 atom stereocenters. The number of anilines is 1. The summed E-state index contributed by atoms with van der Waals surface area (Å²) in [6.45, 7) is 4.07. The van der Waals surface area contributed by atoms with Crippen molar-refractivity contribution >= 4 is 49.9 Å². The van der Waals surface area contributed by atoms with Crippen LogP contribution in [0, 0.1) is 13.8 Å². The minimum Gasteiger partial charge on any atom is -0.459 e. The minimum absolute atomic E-state index is 0.190. The molecule has 0 aliphatic heterocycles. The lowest BCUT2D eigenvalue weighted by Crippen LogP contribution is -2.33. The number of amides is 1. The number of fused-ring (bicyclic) bond motifs is 1. The summed E-state index contributed by atoms with van der Waals surface area (Å²) in [6.07, 6.45) is 1.43. The summed E-state index contributed by atoms with van der Waals surface area (Å²) in [6, 6.07) is 7.38. The predicted molar refractivity (Wildman–Crippen MR) is 91.5 cm³/mol. The summed E-state index contributed by atoms with van der Waals surface area (Å²) in [5.41, 5.74) is 3.25. The number of furan rings is 1. The van der Waals surface area contributed by atoms with E-state index in [0.29, 0.717) is 5.13 Å². The Labute approximate surface area is 136 Å². The van der Waals surface area contributed by atoms with Gasteiger partial charge in [0, 0.05) is 0 Å². The second-order valence-corrected chi connectivity index (χ2v) is 6.27. The fourth-order valence-electron chi connectivity index (χ4n) is 2.12. The molecule has 0 saturated heterocycles. The van der Waals surface area contributed by atoms with E-state index in [1.54, 1.807) is 12.1 Å². The zero-order valence-corrected chi connectivity index (χ0v) is 13.6. The molecule has 22 heavy (non-hydrogen) atoms. The number of hydrogen-bond donors (Lipinski definition) is 2. The van der Waals surface area contributed by atoms with E-state index in [9.17, 15) is 4.79 Å². The zero-order valence-electron chi connectivity index (χ0n) is 12.0. The summed E-state index contributed by atoms with van der Waals surface area (Å²) in [4.78, 5) is 16.3. The van der Waals surface area contributed by atoms with Crippen molar-refractivity contribution in [1.29, 1.82) is 0 Å². The number of hydrogen-bond acceptors (Lipinski definition) is 5. The van der Waals surface area contributed by atoms with E-state index < -0.39 is 5.91 Å². The Morgan fingerprint density at radius 3 is 2.91 bits per heavy atom. The Balaban J connectivity index is 1.74. The molecule has 2 heterocycles. The van der Waals surface area contributed by atoms with E-state index in [1.165, 1.54) is 23.2 Å². The molecular weight excluding hydrogens is 318 g/mol. The van der Waals surface area contributed by atoms with Crippen LogP contribution >= 0.6 is 23.6 Å². The Morgan fingerprint density at radius 2 is 2.18 bits per heavy atom. The van der Waals surface area contributed by atoms with Crippen LogP contribution in [0.3, 0.4) is 0 Å². The molecule has 0 bridgehead atoms. The maximum absolute atomic E-state index is 11.8. The second kappa shape index (κ2) is 5.86. The summed E-state index contributed by atoms with van der Waals surface area (Å²) >= 11 is 6.63. The molecule has 2 aromatic heterocycles. The third kappa shape index (κ3) is 3.00. The van der Waals surface area contributed by atoms with E-state index in [4.69, 9.17) is 16.6 Å². The van der Waals surface area contributed by atoms with Gasteiger partial charge >= 0.3 is 0 Å². The standard InChI is InChI=1S/C15H13N3O2S2/c1-8-6-9(2)12-11(7-8)22-15(16-12)18-14(21)17-13(19)10-4-3-5-20-10/h3-7H,1-2H3,(H2,16,17,18,19,21). The molecule has 1 aromatic carbocycles. The lowest BCUT2D eigenvalue weighted by Gasteiger charge is -2.04. The molecule has 3 aromatic rings. The average molecular weight is 331 g/mol. The highest BCUT2D eigenvalue weighted by Crippen LogP contribution is 2.29. The van der Waals surface area contributed by atoms with Gasteiger partial charge in [0.2, 0.25) is 0 Å². The first kappa shape index (κ1) is 14.7. The number of thiazole rings is 1. The van der Waals surface area contributed by atoms with Crippen LogP contribution in [0.1, 0.15) is 21.7 Å². The maximum Gasteiger partial charge on any atom is 0.293 e. The molecule has 0 saturated carbocycles. The normalized spacial score (nSPS) is 10.6. The van der Waals surface area contributed by atoms with E-state index in [1.807, 2.05) is 13.8 Å². The van der Waals surface area contributed by atoms with Crippen LogP contribution in [-0.2, 0) is 0 Å². The molecule has 5 nitrogen and oxygen atoms in total. The topological polar surface area (TPSA) is 67.2 Å². The van der Waals surface area contributed by atoms with Gasteiger partial charge in [-0.3, -0.25) is 10.1 Å². The van der Waals surface area contributed by atoms with Crippen LogP contribution < -0.4 is 10.6 Å². The highest BCUT2D eigenvalue weighted by atomic mass is 32.1. The number of aromatic nitrogens is 1. The Bertz CT molecular complexity index is 853. The first-order chi connectivity index (χ1) is 10.5. The minimum atomic E-state index is -0.393. The molecule has 0 radical (unpaired) electrons. The summed E-state index contributed by atoms with van der Waals surface area (Å²) in [7, 11) is 0. The highest BCUT2D eigenvalue weighted by Gasteiger charge is 2.12. The van der Waals surface area contributed by atoms with Gasteiger partial charge in [-0.05, 0) is 55.4 Å². The number of rotatable bonds is 2. The van der Waals surface area contributed by atoms with Gasteiger partial charge in [-0.25, -0.2) is 4.98 Å². The van der Waals surface area contributed by atoms with Crippen molar-refractivity contribution in [3.63, 3.8) is 0 Å². The van der Waals surface area contributed by atoms with Gasteiger partial charge in [-0.1, -0.05) is 17.4 Å². The van der Waals surface area contributed by atoms with Crippen molar-refractivity contribution in [2.24, 2.45) is 0 Å². The molecule has 1 amide bonds. The van der Waals surface area contributed by atoms with E-state index in [2.05, 4.69) is 27.8 Å². The quantitative estimate of drug-likeness (QED) is 0.702. The van der Waals surface area contributed by atoms with Crippen LogP contribution in [0.5, 0.6) is 0 Å². The number of nitrogens with zero attached hydrogens (tertiary/aromatic N) is 1. The van der Waals surface area contributed by atoms with Gasteiger partial charge < -0.3 is 9.73 Å². The van der Waals surface area contributed by atoms with Crippen molar-refractivity contribution < 1.29 is 9.21 Å². The van der Waals surface area contributed by atoms with Crippen molar-refractivity contribution in [3.05, 3.63) is 47.4 Å². The van der Waals surface area contributed by atoms with Crippen LogP contribution in [0.15, 0.2) is 34.9 Å². The fraction of sp³-hybridized carbons (Fsp3) is 0.133. The molecule has 7 heteroatoms. The smallest absolute Gasteiger partial charge is 0.293 e.